The van der Waals surface area contributed by atoms with Crippen LogP contribution in [0.2, 0.25) is 5.02 Å². The predicted molar refractivity (Wildman–Crippen MR) is 77.7 cm³/mol. The largest absolute Gasteiger partial charge is 0.384 e. The van der Waals surface area contributed by atoms with E-state index in [9.17, 15) is 28.0 Å². The minimum atomic E-state index is -3.93. The van der Waals surface area contributed by atoms with Crippen molar-refractivity contribution >= 4 is 19.2 Å². The van der Waals surface area contributed by atoms with E-state index in [2.05, 4.69) is 9.05 Å². The minimum absolute atomic E-state index is 0.345. The summed E-state index contributed by atoms with van der Waals surface area (Å²) in [6.07, 6.45) is -6.30. The van der Waals surface area contributed by atoms with Crippen LogP contribution in [0.5, 0.6) is 0 Å². The number of H-pyrrole nitrogens is 1. The zero-order valence-corrected chi connectivity index (χ0v) is 14.1. The Kier molecular flexibility index (Phi) is 5.34. The van der Waals surface area contributed by atoms with E-state index in [4.69, 9.17) is 16.3 Å². The van der Waals surface area contributed by atoms with E-state index in [1.165, 1.54) is 0 Å². The maximum absolute atomic E-state index is 14.3. The third-order valence-electron chi connectivity index (χ3n) is 3.52. The second-order valence-electron chi connectivity index (χ2n) is 4.95. The van der Waals surface area contributed by atoms with Gasteiger partial charge in [-0.15, -0.1) is 0 Å². The summed E-state index contributed by atoms with van der Waals surface area (Å²) < 4.78 is 55.2. The summed E-state index contributed by atoms with van der Waals surface area (Å²) in [5, 5.41) is 9.27. The Morgan fingerprint density at radius 1 is 1.46 bits per heavy atom. The van der Waals surface area contributed by atoms with E-state index in [1.807, 2.05) is 0 Å². The van der Waals surface area contributed by atoms with Crippen LogP contribution >= 0.6 is 19.2 Å². The van der Waals surface area contributed by atoms with Crippen LogP contribution in [0.3, 0.4) is 0 Å². The molecule has 24 heavy (non-hydrogen) atoms. The number of hydrogen-bond acceptors (Lipinski definition) is 7. The summed E-state index contributed by atoms with van der Waals surface area (Å²) in [6.45, 7) is 0. The molecule has 2 rings (SSSR count). The van der Waals surface area contributed by atoms with Gasteiger partial charge in [0.05, 0.1) is 6.16 Å². The van der Waals surface area contributed by atoms with Gasteiger partial charge in [-0.3, -0.25) is 18.9 Å². The first-order chi connectivity index (χ1) is 11.1. The highest BCUT2D eigenvalue weighted by Crippen LogP contribution is 2.52. The van der Waals surface area contributed by atoms with Gasteiger partial charge >= 0.3 is 19.2 Å². The molecule has 0 spiro atoms. The Morgan fingerprint density at radius 2 is 2.04 bits per heavy atom. The van der Waals surface area contributed by atoms with Gasteiger partial charge in [-0.05, 0) is 0 Å². The van der Waals surface area contributed by atoms with Gasteiger partial charge in [-0.2, -0.15) is 8.78 Å². The molecule has 136 valence electrons. The van der Waals surface area contributed by atoms with Crippen LogP contribution in [0.4, 0.5) is 8.78 Å². The molecule has 9 nitrogen and oxygen atoms in total. The quantitative estimate of drug-likeness (QED) is 0.705. The lowest BCUT2D eigenvalue weighted by Crippen LogP contribution is -2.42. The standard InChI is InChI=1S/C11H14ClF2N2O7P/c1-21-24(20,22-2)4-6-7(17)11(13,14)9(23-6)16-3-5(12)8(18)15-10(16)19/h3,6-7,9,17H,4H2,1-2H3,(H,15,18,19)/t6-,7-,9-/m1/s1. The molecule has 0 radical (unpaired) electrons. The number of aliphatic hydroxyl groups excluding tert-OH is 1. The molecule has 0 amide bonds. The van der Waals surface area contributed by atoms with Crippen molar-refractivity contribution in [1.29, 1.82) is 0 Å². The average Bonchev–Trinajstić information content (AvgIpc) is 2.74. The third-order valence-corrected chi connectivity index (χ3v) is 5.71. The number of ether oxygens (including phenoxy) is 1. The number of nitrogens with zero attached hydrogens (tertiary/aromatic N) is 1. The average molecular weight is 391 g/mol. The van der Waals surface area contributed by atoms with E-state index in [0.717, 1.165) is 14.2 Å². The summed E-state index contributed by atoms with van der Waals surface area (Å²) in [4.78, 5) is 24.7. The fraction of sp³-hybridized carbons (Fsp3) is 0.636. The highest BCUT2D eigenvalue weighted by molar-refractivity contribution is 7.53. The van der Waals surface area contributed by atoms with Gasteiger partial charge in [-0.1, -0.05) is 11.6 Å². The number of hydrogen-bond donors (Lipinski definition) is 2. The highest BCUT2D eigenvalue weighted by Gasteiger charge is 2.60. The summed E-state index contributed by atoms with van der Waals surface area (Å²) >= 11 is 5.53. The van der Waals surface area contributed by atoms with E-state index < -0.39 is 54.4 Å². The van der Waals surface area contributed by atoms with E-state index >= 15 is 0 Å². The fourth-order valence-corrected chi connectivity index (χ4v) is 3.52. The molecule has 0 bridgehead atoms. The Morgan fingerprint density at radius 3 is 2.58 bits per heavy atom. The molecule has 1 saturated heterocycles. The molecule has 2 heterocycles. The number of alkyl halides is 2. The van der Waals surface area contributed by atoms with Gasteiger partial charge in [0.2, 0.25) is 6.23 Å². The molecule has 1 fully saturated rings. The molecule has 0 unspecified atom stereocenters. The second kappa shape index (κ2) is 6.66. The lowest BCUT2D eigenvalue weighted by Gasteiger charge is -2.21. The number of halogens is 3. The van der Waals surface area contributed by atoms with Crippen LogP contribution in [0, 0.1) is 0 Å². The van der Waals surface area contributed by atoms with Gasteiger partial charge < -0.3 is 18.9 Å². The molecule has 3 atom stereocenters. The molecule has 1 aliphatic heterocycles. The van der Waals surface area contributed by atoms with Crippen molar-refractivity contribution in [2.75, 3.05) is 20.4 Å². The molecule has 0 aliphatic carbocycles. The summed E-state index contributed by atoms with van der Waals surface area (Å²) in [5.74, 6) is -3.93. The molecule has 1 aliphatic rings. The molecule has 2 N–H and O–H groups in total. The van der Waals surface area contributed by atoms with Gasteiger partial charge in [0, 0.05) is 20.4 Å². The maximum atomic E-state index is 14.3. The van der Waals surface area contributed by atoms with Crippen LogP contribution in [0.1, 0.15) is 6.23 Å². The summed E-state index contributed by atoms with van der Waals surface area (Å²) in [7, 11) is -1.66. The summed E-state index contributed by atoms with van der Waals surface area (Å²) in [6, 6.07) is 0. The maximum Gasteiger partial charge on any atom is 0.332 e. The Labute approximate surface area is 138 Å². The van der Waals surface area contributed by atoms with Crippen LogP contribution in [-0.2, 0) is 18.3 Å². The van der Waals surface area contributed by atoms with Crippen molar-refractivity contribution in [3.8, 4) is 0 Å². The normalized spacial score (nSPS) is 26.7. The molecule has 1 aromatic rings. The Hall–Kier alpha value is -1.10. The van der Waals surface area contributed by atoms with Crippen LogP contribution in [-0.4, -0.2) is 53.2 Å². The van der Waals surface area contributed by atoms with Crippen molar-refractivity contribution < 1.29 is 32.2 Å². The lowest BCUT2D eigenvalue weighted by atomic mass is 10.1. The fourth-order valence-electron chi connectivity index (χ4n) is 2.20. The van der Waals surface area contributed by atoms with Crippen molar-refractivity contribution in [3.63, 3.8) is 0 Å². The predicted octanol–water partition coefficient (Wildman–Crippen LogP) is 0.569. The molecule has 13 heteroatoms. The van der Waals surface area contributed by atoms with Crippen LogP contribution < -0.4 is 11.2 Å². The molecular formula is C11H14ClF2N2O7P. The number of nitrogens with one attached hydrogen (secondary N) is 1. The zero-order valence-electron chi connectivity index (χ0n) is 12.4. The minimum Gasteiger partial charge on any atom is -0.384 e. The number of aromatic amines is 1. The molecule has 0 saturated carbocycles. The van der Waals surface area contributed by atoms with Gasteiger partial charge in [0.1, 0.15) is 17.2 Å². The number of rotatable bonds is 5. The third kappa shape index (κ3) is 3.32. The Balaban J connectivity index is 2.40. The number of aliphatic hydroxyl groups is 1. The number of aromatic nitrogens is 2. The van der Waals surface area contributed by atoms with Crippen molar-refractivity contribution in [3.05, 3.63) is 32.1 Å². The molecular weight excluding hydrogens is 377 g/mol. The zero-order chi connectivity index (χ0) is 18.3. The topological polar surface area (TPSA) is 120 Å². The smallest absolute Gasteiger partial charge is 0.332 e. The van der Waals surface area contributed by atoms with E-state index in [0.29, 0.717) is 10.8 Å². The summed E-state index contributed by atoms with van der Waals surface area (Å²) in [5.41, 5.74) is -2.16. The first kappa shape index (κ1) is 19.2. The molecule has 1 aromatic heterocycles. The second-order valence-corrected chi connectivity index (χ2v) is 7.67. The first-order valence-corrected chi connectivity index (χ1v) is 8.59. The Bertz CT molecular complexity index is 774. The SMILES string of the molecule is COP(=O)(C[C@H]1O[C@@H](n2cc(Cl)c(=O)[nH]c2=O)C(F)(F)[C@@H]1O)OC. The highest BCUT2D eigenvalue weighted by atomic mass is 35.5. The monoisotopic (exact) mass is 390 g/mol. The van der Waals surface area contributed by atoms with Crippen LogP contribution in [0.15, 0.2) is 15.8 Å². The van der Waals surface area contributed by atoms with Crippen molar-refractivity contribution in [2.45, 2.75) is 24.4 Å². The van der Waals surface area contributed by atoms with Gasteiger partial charge in [-0.25, -0.2) is 4.79 Å². The van der Waals surface area contributed by atoms with E-state index in [-0.39, 0.29) is 0 Å². The van der Waals surface area contributed by atoms with E-state index in [1.54, 1.807) is 4.98 Å². The van der Waals surface area contributed by atoms with Gasteiger partial charge in [0.25, 0.3) is 5.56 Å². The van der Waals surface area contributed by atoms with Crippen LogP contribution in [0.25, 0.3) is 0 Å². The van der Waals surface area contributed by atoms with Crippen molar-refractivity contribution in [1.82, 2.24) is 9.55 Å². The molecule has 0 aromatic carbocycles. The van der Waals surface area contributed by atoms with Crippen molar-refractivity contribution in [2.24, 2.45) is 0 Å². The van der Waals surface area contributed by atoms with Gasteiger partial charge in [0.15, 0.2) is 0 Å². The lowest BCUT2D eigenvalue weighted by molar-refractivity contribution is -0.140. The first-order valence-electron chi connectivity index (χ1n) is 6.48.